The molecule has 2 aromatic carbocycles. The Morgan fingerprint density at radius 1 is 0.864 bits per heavy atom. The van der Waals surface area contributed by atoms with Crippen molar-refractivity contribution in [2.24, 2.45) is 0 Å². The molecule has 2 aromatic rings. The first kappa shape index (κ1) is 15.2. The average molecular weight is 316 g/mol. The van der Waals surface area contributed by atoms with E-state index in [1.54, 1.807) is 16.4 Å². The van der Waals surface area contributed by atoms with E-state index in [1.807, 2.05) is 42.5 Å². The Labute approximate surface area is 131 Å². The molecule has 0 radical (unpaired) electrons. The summed E-state index contributed by atoms with van der Waals surface area (Å²) in [6, 6.07) is 17.0. The summed E-state index contributed by atoms with van der Waals surface area (Å²) in [5.41, 5.74) is 1.95. The van der Waals surface area contributed by atoms with Crippen LogP contribution in [0.4, 0.5) is 0 Å². The minimum atomic E-state index is -3.42. The number of hydrogen-bond donors (Lipinski definition) is 1. The van der Waals surface area contributed by atoms with Crippen LogP contribution in [0.5, 0.6) is 0 Å². The third-order valence-electron chi connectivity index (χ3n) is 3.88. The highest BCUT2D eigenvalue weighted by Crippen LogP contribution is 2.24. The van der Waals surface area contributed by atoms with E-state index < -0.39 is 10.0 Å². The minimum absolute atomic E-state index is 0.371. The summed E-state index contributed by atoms with van der Waals surface area (Å²) in [6.07, 6.45) is 0.845. The maximum atomic E-state index is 12.8. The topological polar surface area (TPSA) is 49.4 Å². The van der Waals surface area contributed by atoms with Gasteiger partial charge in [-0.05, 0) is 36.2 Å². The van der Waals surface area contributed by atoms with Gasteiger partial charge in [-0.1, -0.05) is 42.5 Å². The van der Waals surface area contributed by atoms with E-state index in [-0.39, 0.29) is 0 Å². The van der Waals surface area contributed by atoms with Gasteiger partial charge in [-0.15, -0.1) is 0 Å². The van der Waals surface area contributed by atoms with E-state index in [0.29, 0.717) is 24.5 Å². The van der Waals surface area contributed by atoms with Gasteiger partial charge >= 0.3 is 0 Å². The zero-order chi connectivity index (χ0) is 15.4. The second kappa shape index (κ2) is 6.60. The second-order valence-corrected chi connectivity index (χ2v) is 7.34. The van der Waals surface area contributed by atoms with Crippen LogP contribution < -0.4 is 5.32 Å². The maximum Gasteiger partial charge on any atom is 0.243 e. The summed E-state index contributed by atoms with van der Waals surface area (Å²) in [4.78, 5) is 0.371. The van der Waals surface area contributed by atoms with E-state index in [4.69, 9.17) is 0 Å². The van der Waals surface area contributed by atoms with Crippen LogP contribution in [-0.4, -0.2) is 38.9 Å². The summed E-state index contributed by atoms with van der Waals surface area (Å²) in [5, 5.41) is 3.23. The quantitative estimate of drug-likeness (QED) is 0.945. The normalized spacial score (nSPS) is 17.1. The fourth-order valence-corrected chi connectivity index (χ4v) is 4.20. The molecule has 1 N–H and O–H groups in total. The van der Waals surface area contributed by atoms with Crippen molar-refractivity contribution in [2.75, 3.05) is 26.2 Å². The minimum Gasteiger partial charge on any atom is -0.315 e. The van der Waals surface area contributed by atoms with Crippen LogP contribution in [0, 0.1) is 0 Å². The van der Waals surface area contributed by atoms with Gasteiger partial charge in [0.05, 0.1) is 4.90 Å². The van der Waals surface area contributed by atoms with E-state index in [1.165, 1.54) is 0 Å². The molecular formula is C17H20N2O2S. The first-order valence-electron chi connectivity index (χ1n) is 7.54. The van der Waals surface area contributed by atoms with Gasteiger partial charge in [-0.2, -0.15) is 4.31 Å². The highest BCUT2D eigenvalue weighted by Gasteiger charge is 2.25. The van der Waals surface area contributed by atoms with Crippen LogP contribution in [-0.2, 0) is 10.0 Å². The van der Waals surface area contributed by atoms with Crippen molar-refractivity contribution in [2.45, 2.75) is 11.3 Å². The van der Waals surface area contributed by atoms with Crippen molar-refractivity contribution in [1.29, 1.82) is 0 Å². The monoisotopic (exact) mass is 316 g/mol. The molecule has 0 bridgehead atoms. The number of nitrogens with zero attached hydrogens (tertiary/aromatic N) is 1. The molecule has 3 rings (SSSR count). The highest BCUT2D eigenvalue weighted by molar-refractivity contribution is 7.89. The lowest BCUT2D eigenvalue weighted by Crippen LogP contribution is -2.34. The lowest BCUT2D eigenvalue weighted by molar-refractivity contribution is 0.432. The molecule has 1 aliphatic heterocycles. The van der Waals surface area contributed by atoms with Gasteiger partial charge < -0.3 is 5.32 Å². The van der Waals surface area contributed by atoms with Crippen LogP contribution in [0.15, 0.2) is 59.5 Å². The van der Waals surface area contributed by atoms with Crippen LogP contribution in [0.3, 0.4) is 0 Å². The summed E-state index contributed by atoms with van der Waals surface area (Å²) < 4.78 is 27.2. The molecule has 0 aliphatic carbocycles. The van der Waals surface area contributed by atoms with Gasteiger partial charge in [0.1, 0.15) is 0 Å². The van der Waals surface area contributed by atoms with Crippen LogP contribution >= 0.6 is 0 Å². The molecule has 116 valence electrons. The van der Waals surface area contributed by atoms with Crippen molar-refractivity contribution in [3.63, 3.8) is 0 Å². The van der Waals surface area contributed by atoms with Crippen molar-refractivity contribution >= 4 is 10.0 Å². The molecule has 0 unspecified atom stereocenters. The molecule has 0 atom stereocenters. The van der Waals surface area contributed by atoms with Gasteiger partial charge in [0, 0.05) is 19.6 Å². The fraction of sp³-hybridized carbons (Fsp3) is 0.294. The van der Waals surface area contributed by atoms with Gasteiger partial charge in [-0.3, -0.25) is 0 Å². The Morgan fingerprint density at radius 2 is 1.64 bits per heavy atom. The van der Waals surface area contributed by atoms with E-state index >= 15 is 0 Å². The number of hydrogen-bond acceptors (Lipinski definition) is 3. The molecule has 1 fully saturated rings. The highest BCUT2D eigenvalue weighted by atomic mass is 32.2. The SMILES string of the molecule is O=S(=O)(c1cccc(-c2ccccc2)c1)N1CCCNCC1. The van der Waals surface area contributed by atoms with Crippen molar-refractivity contribution in [1.82, 2.24) is 9.62 Å². The number of benzene rings is 2. The maximum absolute atomic E-state index is 12.8. The van der Waals surface area contributed by atoms with Crippen molar-refractivity contribution in [3.05, 3.63) is 54.6 Å². The summed E-state index contributed by atoms with van der Waals surface area (Å²) in [6.45, 7) is 2.68. The third-order valence-corrected chi connectivity index (χ3v) is 5.77. The molecule has 0 amide bonds. The molecule has 1 saturated heterocycles. The molecule has 5 heteroatoms. The van der Waals surface area contributed by atoms with E-state index in [2.05, 4.69) is 5.32 Å². The largest absolute Gasteiger partial charge is 0.315 e. The molecule has 1 heterocycles. The van der Waals surface area contributed by atoms with E-state index in [9.17, 15) is 8.42 Å². The zero-order valence-electron chi connectivity index (χ0n) is 12.4. The van der Waals surface area contributed by atoms with Gasteiger partial charge in [0.2, 0.25) is 10.0 Å². The molecule has 0 saturated carbocycles. The van der Waals surface area contributed by atoms with Crippen LogP contribution in [0.25, 0.3) is 11.1 Å². The van der Waals surface area contributed by atoms with Crippen LogP contribution in [0.1, 0.15) is 6.42 Å². The Morgan fingerprint density at radius 3 is 2.45 bits per heavy atom. The lowest BCUT2D eigenvalue weighted by atomic mass is 10.1. The zero-order valence-corrected chi connectivity index (χ0v) is 13.2. The first-order chi connectivity index (χ1) is 10.7. The molecule has 22 heavy (non-hydrogen) atoms. The van der Waals surface area contributed by atoms with E-state index in [0.717, 1.165) is 24.1 Å². The molecule has 0 aromatic heterocycles. The van der Waals surface area contributed by atoms with Gasteiger partial charge in [-0.25, -0.2) is 8.42 Å². The Hall–Kier alpha value is -1.69. The second-order valence-electron chi connectivity index (χ2n) is 5.40. The lowest BCUT2D eigenvalue weighted by Gasteiger charge is -2.20. The first-order valence-corrected chi connectivity index (χ1v) is 8.98. The Bertz CT molecular complexity index is 721. The predicted octanol–water partition coefficient (Wildman–Crippen LogP) is 2.34. The predicted molar refractivity (Wildman–Crippen MR) is 88.1 cm³/mol. The van der Waals surface area contributed by atoms with Gasteiger partial charge in [0.25, 0.3) is 0 Å². The summed E-state index contributed by atoms with van der Waals surface area (Å²) in [5.74, 6) is 0. The Balaban J connectivity index is 1.94. The smallest absolute Gasteiger partial charge is 0.243 e. The third kappa shape index (κ3) is 3.21. The molecule has 4 nitrogen and oxygen atoms in total. The van der Waals surface area contributed by atoms with Gasteiger partial charge in [0.15, 0.2) is 0 Å². The summed E-state index contributed by atoms with van der Waals surface area (Å²) >= 11 is 0. The summed E-state index contributed by atoms with van der Waals surface area (Å²) in [7, 11) is -3.42. The number of rotatable bonds is 3. The molecular weight excluding hydrogens is 296 g/mol. The molecule has 0 spiro atoms. The van der Waals surface area contributed by atoms with Crippen molar-refractivity contribution < 1.29 is 8.42 Å². The van der Waals surface area contributed by atoms with Crippen molar-refractivity contribution in [3.8, 4) is 11.1 Å². The number of nitrogens with one attached hydrogen (secondary N) is 1. The molecule has 1 aliphatic rings. The van der Waals surface area contributed by atoms with Crippen LogP contribution in [0.2, 0.25) is 0 Å². The number of sulfonamides is 1. The standard InChI is InChI=1S/C17H20N2O2S/c20-22(21,19-12-5-10-18-11-13-19)17-9-4-8-16(14-17)15-6-2-1-3-7-15/h1-4,6-9,14,18H,5,10-13H2. The average Bonchev–Trinajstić information content (AvgIpc) is 2.86. The fourth-order valence-electron chi connectivity index (χ4n) is 2.68. The Kier molecular flexibility index (Phi) is 4.57.